The molecule has 0 unspecified atom stereocenters. The van der Waals surface area contributed by atoms with Gasteiger partial charge in [0.25, 0.3) is 0 Å². The highest BCUT2D eigenvalue weighted by Gasteiger charge is 2.13. The van der Waals surface area contributed by atoms with Crippen molar-refractivity contribution in [3.63, 3.8) is 0 Å². The summed E-state index contributed by atoms with van der Waals surface area (Å²) in [5, 5.41) is 10.9. The Morgan fingerprint density at radius 2 is 2.00 bits per heavy atom. The van der Waals surface area contributed by atoms with Gasteiger partial charge in [-0.3, -0.25) is 0 Å². The monoisotopic (exact) mass is 436 g/mol. The first-order valence-electron chi connectivity index (χ1n) is 7.98. The Morgan fingerprint density at radius 1 is 1.21 bits per heavy atom. The zero-order chi connectivity index (χ0) is 20.1. The number of hydrogen-bond acceptors (Lipinski definition) is 6. The van der Waals surface area contributed by atoms with E-state index in [0.717, 1.165) is 0 Å². The van der Waals surface area contributed by atoms with Gasteiger partial charge < -0.3 is 19.9 Å². The van der Waals surface area contributed by atoms with Crippen molar-refractivity contribution in [3.05, 3.63) is 64.0 Å². The van der Waals surface area contributed by atoms with Crippen molar-refractivity contribution in [1.82, 2.24) is 15.5 Å². The lowest BCUT2D eigenvalue weighted by molar-refractivity contribution is 0.0601. The van der Waals surface area contributed by atoms with E-state index in [1.54, 1.807) is 30.3 Å². The second-order valence-electron chi connectivity index (χ2n) is 5.49. The maximum absolute atomic E-state index is 11.7. The van der Waals surface area contributed by atoms with Crippen molar-refractivity contribution in [2.45, 2.75) is 6.54 Å². The Morgan fingerprint density at radius 3 is 2.75 bits per heavy atom. The molecule has 0 amide bonds. The minimum absolute atomic E-state index is 0.209. The molecule has 0 aliphatic heterocycles. The average Bonchev–Trinajstić information content (AvgIpc) is 3.16. The maximum atomic E-state index is 11.7. The highest BCUT2D eigenvalue weighted by atomic mass is 35.5. The van der Waals surface area contributed by atoms with Crippen molar-refractivity contribution in [2.75, 3.05) is 12.4 Å². The van der Waals surface area contributed by atoms with E-state index in [2.05, 4.69) is 20.8 Å². The summed E-state index contributed by atoms with van der Waals surface area (Å²) >= 11 is 17.4. The number of esters is 1. The summed E-state index contributed by atoms with van der Waals surface area (Å²) in [6.45, 7) is 0.209. The van der Waals surface area contributed by atoms with E-state index >= 15 is 0 Å². The zero-order valence-corrected chi connectivity index (χ0v) is 16.9. The fourth-order valence-electron chi connectivity index (χ4n) is 2.28. The summed E-state index contributed by atoms with van der Waals surface area (Å²) in [5.41, 5.74) is 1.49. The number of halogens is 2. The molecule has 144 valence electrons. The SMILES string of the molecule is COC(=O)c1cc(NC(=S)NCc2nc(-c3ccccc3Cl)no2)ccc1Cl. The molecule has 0 radical (unpaired) electrons. The minimum atomic E-state index is -0.537. The van der Waals surface area contributed by atoms with E-state index in [-0.39, 0.29) is 17.1 Å². The Labute approximate surface area is 176 Å². The largest absolute Gasteiger partial charge is 0.465 e. The fraction of sp³-hybridized carbons (Fsp3) is 0.111. The Bertz CT molecular complexity index is 1030. The van der Waals surface area contributed by atoms with Crippen molar-refractivity contribution >= 4 is 52.2 Å². The van der Waals surface area contributed by atoms with E-state index in [1.165, 1.54) is 7.11 Å². The number of benzene rings is 2. The van der Waals surface area contributed by atoms with E-state index < -0.39 is 5.97 Å². The number of nitrogens with one attached hydrogen (secondary N) is 2. The maximum Gasteiger partial charge on any atom is 0.339 e. The average molecular weight is 437 g/mol. The van der Waals surface area contributed by atoms with Gasteiger partial charge in [-0.25, -0.2) is 4.79 Å². The molecule has 2 aromatic carbocycles. The fourth-order valence-corrected chi connectivity index (χ4v) is 2.88. The number of aromatic nitrogens is 2. The van der Waals surface area contributed by atoms with Crippen LogP contribution in [0.15, 0.2) is 47.0 Å². The van der Waals surface area contributed by atoms with Crippen LogP contribution < -0.4 is 10.6 Å². The van der Waals surface area contributed by atoms with Gasteiger partial charge in [0.1, 0.15) is 0 Å². The number of hydrogen-bond donors (Lipinski definition) is 2. The second kappa shape index (κ2) is 9.01. The molecule has 0 spiro atoms. The summed E-state index contributed by atoms with van der Waals surface area (Å²) < 4.78 is 9.90. The predicted octanol–water partition coefficient (Wildman–Crippen LogP) is 4.32. The number of thiocarbonyl (C=S) groups is 1. The lowest BCUT2D eigenvalue weighted by Gasteiger charge is -2.10. The van der Waals surface area contributed by atoms with Gasteiger partial charge in [-0.15, -0.1) is 0 Å². The number of rotatable bonds is 5. The number of methoxy groups -OCH3 is 1. The molecule has 3 aromatic rings. The minimum Gasteiger partial charge on any atom is -0.465 e. The van der Waals surface area contributed by atoms with Crippen LogP contribution in [0.1, 0.15) is 16.2 Å². The van der Waals surface area contributed by atoms with Crippen LogP contribution in [0.2, 0.25) is 10.0 Å². The topological polar surface area (TPSA) is 89.3 Å². The zero-order valence-electron chi connectivity index (χ0n) is 14.5. The van der Waals surface area contributed by atoms with Crippen LogP contribution in [0.4, 0.5) is 5.69 Å². The third-order valence-electron chi connectivity index (χ3n) is 3.61. The van der Waals surface area contributed by atoms with Crippen LogP contribution in [-0.4, -0.2) is 28.3 Å². The highest BCUT2D eigenvalue weighted by Crippen LogP contribution is 2.25. The van der Waals surface area contributed by atoms with Gasteiger partial charge in [0, 0.05) is 11.3 Å². The molecule has 0 fully saturated rings. The van der Waals surface area contributed by atoms with Gasteiger partial charge in [-0.2, -0.15) is 4.98 Å². The first kappa shape index (κ1) is 20.1. The van der Waals surface area contributed by atoms with Crippen LogP contribution in [0.3, 0.4) is 0 Å². The quantitative estimate of drug-likeness (QED) is 0.451. The Hall–Kier alpha value is -2.68. The van der Waals surface area contributed by atoms with Crippen molar-refractivity contribution in [2.24, 2.45) is 0 Å². The van der Waals surface area contributed by atoms with Gasteiger partial charge >= 0.3 is 5.97 Å². The summed E-state index contributed by atoms with van der Waals surface area (Å²) in [5.74, 6) is 0.192. The smallest absolute Gasteiger partial charge is 0.339 e. The molecule has 1 heterocycles. The number of carbonyl (C=O) groups is 1. The van der Waals surface area contributed by atoms with E-state index in [1.807, 2.05) is 12.1 Å². The van der Waals surface area contributed by atoms with Crippen LogP contribution in [0.5, 0.6) is 0 Å². The molecule has 0 bridgehead atoms. The summed E-state index contributed by atoms with van der Waals surface area (Å²) in [7, 11) is 1.28. The van der Waals surface area contributed by atoms with E-state index in [4.69, 9.17) is 44.7 Å². The molecule has 0 aliphatic rings. The number of anilines is 1. The van der Waals surface area contributed by atoms with Crippen molar-refractivity contribution in [1.29, 1.82) is 0 Å². The lowest BCUT2D eigenvalue weighted by atomic mass is 10.2. The molecular weight excluding hydrogens is 423 g/mol. The molecule has 7 nitrogen and oxygen atoms in total. The molecule has 28 heavy (non-hydrogen) atoms. The van der Waals surface area contributed by atoms with E-state index in [0.29, 0.717) is 33.1 Å². The van der Waals surface area contributed by atoms with Crippen LogP contribution in [0.25, 0.3) is 11.4 Å². The standard InChI is InChI=1S/C18H14Cl2N4O3S/c1-26-17(25)12-8-10(6-7-14(12)20)22-18(28)21-9-15-23-16(24-27-15)11-4-2-3-5-13(11)19/h2-8H,9H2,1H3,(H2,21,22,28). The number of nitrogens with zero attached hydrogens (tertiary/aromatic N) is 2. The number of carbonyl (C=O) groups excluding carboxylic acids is 1. The van der Waals surface area contributed by atoms with Gasteiger partial charge in [-0.05, 0) is 42.5 Å². The lowest BCUT2D eigenvalue weighted by Crippen LogP contribution is -2.28. The molecule has 1 aromatic heterocycles. The Kier molecular flexibility index (Phi) is 6.45. The van der Waals surface area contributed by atoms with Gasteiger partial charge in [-0.1, -0.05) is 40.5 Å². The molecular formula is C18H14Cl2N4O3S. The van der Waals surface area contributed by atoms with E-state index in [9.17, 15) is 4.79 Å². The van der Waals surface area contributed by atoms with Gasteiger partial charge in [0.15, 0.2) is 5.11 Å². The van der Waals surface area contributed by atoms with Gasteiger partial charge in [0.2, 0.25) is 11.7 Å². The predicted molar refractivity (Wildman–Crippen MR) is 111 cm³/mol. The normalized spacial score (nSPS) is 10.4. The summed E-state index contributed by atoms with van der Waals surface area (Å²) in [4.78, 5) is 16.0. The molecule has 0 atom stereocenters. The molecule has 0 aliphatic carbocycles. The molecule has 0 saturated carbocycles. The summed E-state index contributed by atoms with van der Waals surface area (Å²) in [6.07, 6.45) is 0. The van der Waals surface area contributed by atoms with Crippen LogP contribution in [-0.2, 0) is 11.3 Å². The van der Waals surface area contributed by atoms with Crippen LogP contribution in [0, 0.1) is 0 Å². The molecule has 3 rings (SSSR count). The highest BCUT2D eigenvalue weighted by molar-refractivity contribution is 7.80. The third-order valence-corrected chi connectivity index (χ3v) is 4.52. The number of ether oxygens (including phenoxy) is 1. The summed E-state index contributed by atoms with van der Waals surface area (Å²) in [6, 6.07) is 12.0. The van der Waals surface area contributed by atoms with Crippen molar-refractivity contribution in [3.8, 4) is 11.4 Å². The molecule has 10 heteroatoms. The van der Waals surface area contributed by atoms with Crippen molar-refractivity contribution < 1.29 is 14.1 Å². The van der Waals surface area contributed by atoms with Gasteiger partial charge in [0.05, 0.1) is 29.3 Å². The second-order valence-corrected chi connectivity index (χ2v) is 6.71. The van der Waals surface area contributed by atoms with Crippen LogP contribution >= 0.6 is 35.4 Å². The Balaban J connectivity index is 1.61. The first-order chi connectivity index (χ1) is 13.5. The first-order valence-corrected chi connectivity index (χ1v) is 9.14. The third kappa shape index (κ3) is 4.78. The molecule has 0 saturated heterocycles. The molecule has 2 N–H and O–H groups in total.